The number of fused-ring (bicyclic) bond motifs is 1. The molecule has 3 rings (SSSR count). The molecule has 8 heteroatoms. The third kappa shape index (κ3) is 3.98. The number of carbonyl (C=O) groups excluding carboxylic acids is 2. The summed E-state index contributed by atoms with van der Waals surface area (Å²) in [6.07, 6.45) is 1.38. The molecule has 2 aromatic carbocycles. The highest BCUT2D eigenvalue weighted by Crippen LogP contribution is 2.35. The number of nitrogens with one attached hydrogen (secondary N) is 1. The molecular weight excluding hydrogens is 388 g/mol. The van der Waals surface area contributed by atoms with Crippen molar-refractivity contribution in [1.82, 2.24) is 4.98 Å². The largest absolute Gasteiger partial charge is 0.493 e. The van der Waals surface area contributed by atoms with Crippen LogP contribution in [0.25, 0.3) is 10.9 Å². The number of ether oxygens (including phenoxy) is 4. The third-order valence-electron chi connectivity index (χ3n) is 4.45. The molecule has 0 radical (unpaired) electrons. The number of benzene rings is 2. The summed E-state index contributed by atoms with van der Waals surface area (Å²) in [5.41, 5.74) is 2.04. The van der Waals surface area contributed by atoms with Crippen molar-refractivity contribution in [1.29, 1.82) is 0 Å². The van der Waals surface area contributed by atoms with Gasteiger partial charge in [-0.3, -0.25) is 4.98 Å². The van der Waals surface area contributed by atoms with Gasteiger partial charge in [-0.15, -0.1) is 0 Å². The highest BCUT2D eigenvalue weighted by atomic mass is 16.5. The zero-order chi connectivity index (χ0) is 21.7. The van der Waals surface area contributed by atoms with E-state index < -0.39 is 11.9 Å². The van der Waals surface area contributed by atoms with Gasteiger partial charge in [0.25, 0.3) is 0 Å². The van der Waals surface area contributed by atoms with Crippen molar-refractivity contribution >= 4 is 34.2 Å². The maximum absolute atomic E-state index is 12.6. The summed E-state index contributed by atoms with van der Waals surface area (Å²) in [6, 6.07) is 10.3. The molecule has 0 saturated carbocycles. The summed E-state index contributed by atoms with van der Waals surface area (Å²) >= 11 is 0. The van der Waals surface area contributed by atoms with Crippen LogP contribution in [0.15, 0.2) is 42.6 Å². The smallest absolute Gasteiger partial charge is 0.341 e. The summed E-state index contributed by atoms with van der Waals surface area (Å²) in [4.78, 5) is 29.1. The fraction of sp³-hybridized carbons (Fsp3) is 0.227. The number of hydrogen-bond acceptors (Lipinski definition) is 8. The fourth-order valence-electron chi connectivity index (χ4n) is 3.05. The Morgan fingerprint density at radius 2 is 1.73 bits per heavy atom. The van der Waals surface area contributed by atoms with E-state index in [0.29, 0.717) is 39.3 Å². The van der Waals surface area contributed by atoms with Gasteiger partial charge in [-0.25, -0.2) is 9.59 Å². The van der Waals surface area contributed by atoms with Gasteiger partial charge in [0.1, 0.15) is 5.56 Å². The van der Waals surface area contributed by atoms with Gasteiger partial charge in [0.05, 0.1) is 44.7 Å². The van der Waals surface area contributed by atoms with Crippen LogP contribution >= 0.6 is 0 Å². The molecule has 0 spiro atoms. The first-order valence-corrected chi connectivity index (χ1v) is 9.20. The molecule has 0 aliphatic heterocycles. The highest BCUT2D eigenvalue weighted by molar-refractivity contribution is 6.11. The standard InChI is InChI=1S/C22H22N2O6/c1-5-30-22(26)16-12-23-19-14(7-6-8-15(19)21(25)29-4)20(16)24-13-9-10-17(27-2)18(11-13)28-3/h6-12H,5H2,1-4H3,(H,23,24). The molecule has 0 unspecified atom stereocenters. The van der Waals surface area contributed by atoms with Crippen LogP contribution in [0, 0.1) is 0 Å². The summed E-state index contributed by atoms with van der Waals surface area (Å²) in [6.45, 7) is 1.94. The van der Waals surface area contributed by atoms with Crippen LogP contribution in [-0.4, -0.2) is 44.9 Å². The Morgan fingerprint density at radius 3 is 2.40 bits per heavy atom. The maximum atomic E-state index is 12.6. The third-order valence-corrected chi connectivity index (χ3v) is 4.45. The van der Waals surface area contributed by atoms with E-state index in [2.05, 4.69) is 10.3 Å². The molecule has 0 aliphatic carbocycles. The molecule has 156 valence electrons. The summed E-state index contributed by atoms with van der Waals surface area (Å²) in [5.74, 6) is 0.0439. The first-order chi connectivity index (χ1) is 14.5. The van der Waals surface area contributed by atoms with E-state index in [1.165, 1.54) is 20.4 Å². The van der Waals surface area contributed by atoms with Crippen LogP contribution in [-0.2, 0) is 9.47 Å². The van der Waals surface area contributed by atoms with Crippen molar-refractivity contribution in [3.8, 4) is 11.5 Å². The fourth-order valence-corrected chi connectivity index (χ4v) is 3.05. The average Bonchev–Trinajstić information content (AvgIpc) is 2.78. The monoisotopic (exact) mass is 410 g/mol. The van der Waals surface area contributed by atoms with Crippen molar-refractivity contribution in [2.75, 3.05) is 33.3 Å². The number of esters is 2. The number of aromatic nitrogens is 1. The lowest BCUT2D eigenvalue weighted by Crippen LogP contribution is -2.11. The van der Waals surface area contributed by atoms with Crippen molar-refractivity contribution in [3.63, 3.8) is 0 Å². The Hall–Kier alpha value is -3.81. The minimum absolute atomic E-state index is 0.217. The molecule has 8 nitrogen and oxygen atoms in total. The molecule has 30 heavy (non-hydrogen) atoms. The normalized spacial score (nSPS) is 10.4. The number of rotatable bonds is 7. The Kier molecular flexibility index (Phi) is 6.36. The maximum Gasteiger partial charge on any atom is 0.341 e. The number of anilines is 2. The number of nitrogens with zero attached hydrogens (tertiary/aromatic N) is 1. The second-order valence-electron chi connectivity index (χ2n) is 6.16. The second kappa shape index (κ2) is 9.13. The lowest BCUT2D eigenvalue weighted by Gasteiger charge is -2.16. The molecule has 1 heterocycles. The topological polar surface area (TPSA) is 96.0 Å². The van der Waals surface area contributed by atoms with Crippen LogP contribution < -0.4 is 14.8 Å². The van der Waals surface area contributed by atoms with E-state index >= 15 is 0 Å². The number of pyridine rings is 1. The van der Waals surface area contributed by atoms with Crippen LogP contribution in [0.2, 0.25) is 0 Å². The van der Waals surface area contributed by atoms with Crippen molar-refractivity contribution < 1.29 is 28.5 Å². The predicted molar refractivity (Wildman–Crippen MR) is 112 cm³/mol. The summed E-state index contributed by atoms with van der Waals surface area (Å²) in [5, 5.41) is 3.80. The van der Waals surface area contributed by atoms with Crippen LogP contribution in [0.5, 0.6) is 11.5 Å². The number of carbonyl (C=O) groups is 2. The van der Waals surface area contributed by atoms with Crippen molar-refractivity contribution in [3.05, 3.63) is 53.7 Å². The van der Waals surface area contributed by atoms with Crippen LogP contribution in [0.3, 0.4) is 0 Å². The van der Waals surface area contributed by atoms with E-state index in [4.69, 9.17) is 18.9 Å². The van der Waals surface area contributed by atoms with E-state index in [1.54, 1.807) is 50.4 Å². The molecule has 0 atom stereocenters. The van der Waals surface area contributed by atoms with Gasteiger partial charge >= 0.3 is 11.9 Å². The summed E-state index contributed by atoms with van der Waals surface area (Å²) in [7, 11) is 4.39. The minimum atomic E-state index is -0.529. The van der Waals surface area contributed by atoms with Gasteiger partial charge in [0.15, 0.2) is 11.5 Å². The Bertz CT molecular complexity index is 1100. The Balaban J connectivity index is 2.20. The zero-order valence-corrected chi connectivity index (χ0v) is 17.1. The van der Waals surface area contributed by atoms with Gasteiger partial charge in [0, 0.05) is 23.3 Å². The molecule has 1 aromatic heterocycles. The average molecular weight is 410 g/mol. The lowest BCUT2D eigenvalue weighted by atomic mass is 10.0. The van der Waals surface area contributed by atoms with Gasteiger partial charge in [-0.2, -0.15) is 0 Å². The SMILES string of the molecule is CCOC(=O)c1cnc2c(C(=O)OC)cccc2c1Nc1ccc(OC)c(OC)c1. The zero-order valence-electron chi connectivity index (χ0n) is 17.1. The Morgan fingerprint density at radius 1 is 0.967 bits per heavy atom. The van der Waals surface area contributed by atoms with Crippen LogP contribution in [0.4, 0.5) is 11.4 Å². The van der Waals surface area contributed by atoms with Gasteiger partial charge in [-0.1, -0.05) is 12.1 Å². The molecule has 3 aromatic rings. The highest BCUT2D eigenvalue weighted by Gasteiger charge is 2.20. The van der Waals surface area contributed by atoms with E-state index in [-0.39, 0.29) is 12.2 Å². The lowest BCUT2D eigenvalue weighted by molar-refractivity contribution is 0.0526. The second-order valence-corrected chi connectivity index (χ2v) is 6.16. The first kappa shape index (κ1) is 20.9. The van der Waals surface area contributed by atoms with Crippen molar-refractivity contribution in [2.24, 2.45) is 0 Å². The molecular formula is C22H22N2O6. The van der Waals surface area contributed by atoms with Gasteiger partial charge in [-0.05, 0) is 25.1 Å². The molecule has 0 aliphatic rings. The van der Waals surface area contributed by atoms with E-state index in [1.807, 2.05) is 0 Å². The quantitative estimate of drug-likeness (QED) is 0.585. The number of hydrogen-bond donors (Lipinski definition) is 1. The van der Waals surface area contributed by atoms with Gasteiger partial charge < -0.3 is 24.3 Å². The van der Waals surface area contributed by atoms with Crippen LogP contribution in [0.1, 0.15) is 27.6 Å². The first-order valence-electron chi connectivity index (χ1n) is 9.20. The Labute approximate surface area is 173 Å². The molecule has 0 bridgehead atoms. The molecule has 0 fully saturated rings. The predicted octanol–water partition coefficient (Wildman–Crippen LogP) is 3.96. The summed E-state index contributed by atoms with van der Waals surface area (Å²) < 4.78 is 20.7. The van der Waals surface area contributed by atoms with E-state index in [9.17, 15) is 9.59 Å². The van der Waals surface area contributed by atoms with Gasteiger partial charge in [0.2, 0.25) is 0 Å². The molecule has 0 saturated heterocycles. The molecule has 1 N–H and O–H groups in total. The number of methoxy groups -OCH3 is 3. The number of para-hydroxylation sites is 1. The minimum Gasteiger partial charge on any atom is -0.493 e. The van der Waals surface area contributed by atoms with Crippen molar-refractivity contribution in [2.45, 2.75) is 6.92 Å². The van der Waals surface area contributed by atoms with E-state index in [0.717, 1.165) is 0 Å². The molecule has 0 amide bonds.